The highest BCUT2D eigenvalue weighted by Gasteiger charge is 2.28. The van der Waals surface area contributed by atoms with E-state index in [1.54, 1.807) is 0 Å². The number of hydrogen-bond donors (Lipinski definition) is 1. The molecule has 1 N–H and O–H groups in total. The third-order valence-corrected chi connectivity index (χ3v) is 2.25. The molecule has 58 valence electrons. The first-order valence-corrected chi connectivity index (χ1v) is 3.89. The topological polar surface area (TPSA) is 45.8 Å². The SMILES string of the molecule is O=Cc1n[nH]c(C2CC2)c1Cl. The van der Waals surface area contributed by atoms with Crippen molar-refractivity contribution < 1.29 is 4.79 Å². The fourth-order valence-corrected chi connectivity index (χ4v) is 1.36. The highest BCUT2D eigenvalue weighted by atomic mass is 35.5. The zero-order valence-corrected chi connectivity index (χ0v) is 6.56. The normalized spacial score (nSPS) is 16.8. The van der Waals surface area contributed by atoms with Crippen molar-refractivity contribution in [2.75, 3.05) is 0 Å². The molecule has 0 aromatic carbocycles. The monoisotopic (exact) mass is 170 g/mol. The van der Waals surface area contributed by atoms with E-state index in [0.29, 0.717) is 22.9 Å². The van der Waals surface area contributed by atoms with Crippen LogP contribution in [0.2, 0.25) is 5.02 Å². The van der Waals surface area contributed by atoms with Gasteiger partial charge in [0.2, 0.25) is 0 Å². The standard InChI is InChI=1S/C7H7ClN2O/c8-6-5(3-11)9-10-7(6)4-1-2-4/h3-4H,1-2H2,(H,9,10). The predicted molar refractivity (Wildman–Crippen MR) is 41.0 cm³/mol. The summed E-state index contributed by atoms with van der Waals surface area (Å²) in [7, 11) is 0. The first-order chi connectivity index (χ1) is 5.33. The summed E-state index contributed by atoms with van der Waals surface area (Å²) in [5, 5.41) is 7.05. The van der Waals surface area contributed by atoms with E-state index in [1.807, 2.05) is 0 Å². The molecule has 11 heavy (non-hydrogen) atoms. The molecule has 1 saturated carbocycles. The van der Waals surface area contributed by atoms with Gasteiger partial charge in [-0.1, -0.05) is 11.6 Å². The van der Waals surface area contributed by atoms with Crippen molar-refractivity contribution >= 4 is 17.9 Å². The Bertz CT molecular complexity index is 291. The summed E-state index contributed by atoms with van der Waals surface area (Å²) in [4.78, 5) is 10.3. The molecule has 1 aliphatic rings. The second-order valence-corrected chi connectivity index (χ2v) is 3.11. The Labute approximate surface area is 68.7 Å². The maximum Gasteiger partial charge on any atom is 0.171 e. The molecule has 2 rings (SSSR count). The first kappa shape index (κ1) is 6.85. The third kappa shape index (κ3) is 1.05. The van der Waals surface area contributed by atoms with Gasteiger partial charge in [0.25, 0.3) is 0 Å². The summed E-state index contributed by atoms with van der Waals surface area (Å²) in [5.41, 5.74) is 1.25. The van der Waals surface area contributed by atoms with Crippen LogP contribution in [-0.2, 0) is 0 Å². The van der Waals surface area contributed by atoms with Crippen LogP contribution in [0.25, 0.3) is 0 Å². The molecule has 3 nitrogen and oxygen atoms in total. The highest BCUT2D eigenvalue weighted by molar-refractivity contribution is 6.33. The van der Waals surface area contributed by atoms with E-state index < -0.39 is 0 Å². The Morgan fingerprint density at radius 1 is 1.64 bits per heavy atom. The Balaban J connectivity index is 2.40. The summed E-state index contributed by atoms with van der Waals surface area (Å²) < 4.78 is 0. The van der Waals surface area contributed by atoms with Crippen LogP contribution in [-0.4, -0.2) is 16.5 Å². The molecule has 1 fully saturated rings. The molecule has 1 aromatic heterocycles. The number of halogens is 1. The molecule has 1 heterocycles. The van der Waals surface area contributed by atoms with Gasteiger partial charge < -0.3 is 0 Å². The molecule has 0 amide bonds. The second-order valence-electron chi connectivity index (χ2n) is 2.73. The van der Waals surface area contributed by atoms with Crippen molar-refractivity contribution in [3.8, 4) is 0 Å². The van der Waals surface area contributed by atoms with Gasteiger partial charge in [-0.25, -0.2) is 0 Å². The van der Waals surface area contributed by atoms with Crippen LogP contribution < -0.4 is 0 Å². The zero-order valence-electron chi connectivity index (χ0n) is 5.80. The van der Waals surface area contributed by atoms with Crippen molar-refractivity contribution in [1.82, 2.24) is 10.2 Å². The van der Waals surface area contributed by atoms with Crippen LogP contribution in [0.5, 0.6) is 0 Å². The molecule has 0 saturated heterocycles. The van der Waals surface area contributed by atoms with Gasteiger partial charge in [-0.05, 0) is 12.8 Å². The number of aromatic nitrogens is 2. The molecular formula is C7H7ClN2O. The number of hydrogen-bond acceptors (Lipinski definition) is 2. The molecule has 0 aliphatic heterocycles. The van der Waals surface area contributed by atoms with E-state index in [0.717, 1.165) is 18.5 Å². The second kappa shape index (κ2) is 2.34. The Morgan fingerprint density at radius 2 is 2.36 bits per heavy atom. The lowest BCUT2D eigenvalue weighted by atomic mass is 10.3. The fraction of sp³-hybridized carbons (Fsp3) is 0.429. The number of carbonyl (C=O) groups is 1. The summed E-state index contributed by atoms with van der Waals surface area (Å²) in [5.74, 6) is 0.517. The van der Waals surface area contributed by atoms with Gasteiger partial charge in [-0.3, -0.25) is 9.89 Å². The van der Waals surface area contributed by atoms with Gasteiger partial charge in [0.1, 0.15) is 5.69 Å². The van der Waals surface area contributed by atoms with Gasteiger partial charge in [-0.15, -0.1) is 0 Å². The van der Waals surface area contributed by atoms with E-state index in [9.17, 15) is 4.79 Å². The minimum atomic E-state index is 0.327. The summed E-state index contributed by atoms with van der Waals surface area (Å²) in [6, 6.07) is 0. The van der Waals surface area contributed by atoms with Crippen LogP contribution in [0.15, 0.2) is 0 Å². The van der Waals surface area contributed by atoms with Crippen LogP contribution in [0.1, 0.15) is 34.9 Å². The number of aldehydes is 1. The molecule has 1 aromatic rings. The third-order valence-electron chi connectivity index (χ3n) is 1.86. The maximum atomic E-state index is 10.3. The number of rotatable bonds is 2. The fourth-order valence-electron chi connectivity index (χ4n) is 1.08. The van der Waals surface area contributed by atoms with Crippen molar-refractivity contribution in [3.05, 3.63) is 16.4 Å². The molecule has 0 spiro atoms. The number of aromatic amines is 1. The number of carbonyl (C=O) groups excluding carboxylic acids is 1. The lowest BCUT2D eigenvalue weighted by Gasteiger charge is -1.89. The van der Waals surface area contributed by atoms with Gasteiger partial charge in [-0.2, -0.15) is 5.10 Å². The van der Waals surface area contributed by atoms with E-state index >= 15 is 0 Å². The van der Waals surface area contributed by atoms with E-state index in [1.165, 1.54) is 0 Å². The van der Waals surface area contributed by atoms with Crippen LogP contribution >= 0.6 is 11.6 Å². The minimum absolute atomic E-state index is 0.327. The van der Waals surface area contributed by atoms with E-state index in [4.69, 9.17) is 11.6 Å². The lowest BCUT2D eigenvalue weighted by Crippen LogP contribution is -1.79. The van der Waals surface area contributed by atoms with E-state index in [-0.39, 0.29) is 0 Å². The summed E-state index contributed by atoms with van der Waals surface area (Å²) in [6.07, 6.45) is 2.98. The summed E-state index contributed by atoms with van der Waals surface area (Å²) >= 11 is 5.83. The molecule has 0 unspecified atom stereocenters. The molecule has 0 bridgehead atoms. The smallest absolute Gasteiger partial charge is 0.171 e. The Kier molecular flexibility index (Phi) is 1.46. The van der Waals surface area contributed by atoms with Crippen LogP contribution in [0, 0.1) is 0 Å². The van der Waals surface area contributed by atoms with Crippen molar-refractivity contribution in [3.63, 3.8) is 0 Å². The largest absolute Gasteiger partial charge is 0.296 e. The number of nitrogens with one attached hydrogen (secondary N) is 1. The predicted octanol–water partition coefficient (Wildman–Crippen LogP) is 1.75. The van der Waals surface area contributed by atoms with Crippen molar-refractivity contribution in [2.24, 2.45) is 0 Å². The highest BCUT2D eigenvalue weighted by Crippen LogP contribution is 2.42. The number of nitrogens with zero attached hydrogens (tertiary/aromatic N) is 1. The lowest BCUT2D eigenvalue weighted by molar-refractivity contribution is 0.111. The quantitative estimate of drug-likeness (QED) is 0.688. The zero-order chi connectivity index (χ0) is 7.84. The summed E-state index contributed by atoms with van der Waals surface area (Å²) in [6.45, 7) is 0. The minimum Gasteiger partial charge on any atom is -0.296 e. The number of H-pyrrole nitrogens is 1. The van der Waals surface area contributed by atoms with Gasteiger partial charge >= 0.3 is 0 Å². The Hall–Kier alpha value is -0.830. The van der Waals surface area contributed by atoms with Gasteiger partial charge in [0.15, 0.2) is 6.29 Å². The van der Waals surface area contributed by atoms with Gasteiger partial charge in [0, 0.05) is 5.92 Å². The Morgan fingerprint density at radius 3 is 2.82 bits per heavy atom. The maximum absolute atomic E-state index is 10.3. The van der Waals surface area contributed by atoms with E-state index in [2.05, 4.69) is 10.2 Å². The first-order valence-electron chi connectivity index (χ1n) is 3.52. The molecular weight excluding hydrogens is 164 g/mol. The van der Waals surface area contributed by atoms with Crippen LogP contribution in [0.4, 0.5) is 0 Å². The molecule has 4 heteroatoms. The molecule has 1 aliphatic carbocycles. The average Bonchev–Trinajstić information content (AvgIpc) is 2.77. The van der Waals surface area contributed by atoms with Crippen molar-refractivity contribution in [2.45, 2.75) is 18.8 Å². The van der Waals surface area contributed by atoms with Gasteiger partial charge in [0.05, 0.1) is 10.7 Å². The molecule has 0 radical (unpaired) electrons. The molecule has 0 atom stereocenters. The van der Waals surface area contributed by atoms with Crippen molar-refractivity contribution in [1.29, 1.82) is 0 Å². The van der Waals surface area contributed by atoms with Crippen LogP contribution in [0.3, 0.4) is 0 Å². The average molecular weight is 171 g/mol.